The van der Waals surface area contributed by atoms with E-state index in [1.165, 1.54) is 6.07 Å². The van der Waals surface area contributed by atoms with Crippen molar-refractivity contribution in [3.8, 4) is 0 Å². The highest BCUT2D eigenvalue weighted by Gasteiger charge is 2.14. The molecule has 2 aromatic carbocycles. The lowest BCUT2D eigenvalue weighted by molar-refractivity contribution is 0.0695. The number of benzene rings is 2. The number of carbonyl (C=O) groups excluding carboxylic acids is 1. The Morgan fingerprint density at radius 2 is 1.70 bits per heavy atom. The molecule has 0 aromatic heterocycles. The molecule has 0 atom stereocenters. The maximum Gasteiger partial charge on any atom is 0.336 e. The largest absolute Gasteiger partial charge is 0.478 e. The first-order valence-electron chi connectivity index (χ1n) is 5.89. The summed E-state index contributed by atoms with van der Waals surface area (Å²) in [5.74, 6) is -1.30. The molecule has 0 spiro atoms. The molecule has 0 saturated carbocycles. The summed E-state index contributed by atoms with van der Waals surface area (Å²) in [5, 5.41) is 11.8. The van der Waals surface area contributed by atoms with Gasteiger partial charge in [0.1, 0.15) is 0 Å². The maximum atomic E-state index is 12.2. The molecule has 1 amide bonds. The Labute approximate surface area is 124 Å². The average Bonchev–Trinajstić information content (AvgIpc) is 2.41. The average molecular weight is 334 g/mol. The van der Waals surface area contributed by atoms with Gasteiger partial charge >= 0.3 is 5.97 Å². The van der Waals surface area contributed by atoms with Gasteiger partial charge in [-0.25, -0.2) is 4.79 Å². The van der Waals surface area contributed by atoms with Crippen molar-refractivity contribution in [1.82, 2.24) is 0 Å². The second-order valence-electron chi connectivity index (χ2n) is 4.22. The summed E-state index contributed by atoms with van der Waals surface area (Å²) in [4.78, 5) is 23.2. The van der Waals surface area contributed by atoms with Crippen molar-refractivity contribution in [2.45, 2.75) is 6.92 Å². The van der Waals surface area contributed by atoms with Crippen LogP contribution in [-0.2, 0) is 0 Å². The third kappa shape index (κ3) is 2.88. The first kappa shape index (κ1) is 14.3. The molecule has 0 radical (unpaired) electrons. The number of halogens is 1. The van der Waals surface area contributed by atoms with Crippen LogP contribution in [0.2, 0.25) is 0 Å². The number of aromatic carboxylic acids is 1. The predicted octanol–water partition coefficient (Wildman–Crippen LogP) is 3.71. The van der Waals surface area contributed by atoms with Gasteiger partial charge in [-0.15, -0.1) is 0 Å². The lowest BCUT2D eigenvalue weighted by Gasteiger charge is -2.11. The summed E-state index contributed by atoms with van der Waals surface area (Å²) in [7, 11) is 0. The zero-order valence-electron chi connectivity index (χ0n) is 10.7. The van der Waals surface area contributed by atoms with E-state index < -0.39 is 5.97 Å². The summed E-state index contributed by atoms with van der Waals surface area (Å²) in [6.45, 7) is 1.67. The Kier molecular flexibility index (Phi) is 4.20. The van der Waals surface area contributed by atoms with Crippen LogP contribution in [0.25, 0.3) is 0 Å². The van der Waals surface area contributed by atoms with Gasteiger partial charge in [0.15, 0.2) is 0 Å². The summed E-state index contributed by atoms with van der Waals surface area (Å²) in [5.41, 5.74) is 1.69. The van der Waals surface area contributed by atoms with Gasteiger partial charge in [-0.3, -0.25) is 4.79 Å². The van der Waals surface area contributed by atoms with Crippen molar-refractivity contribution in [3.63, 3.8) is 0 Å². The molecule has 102 valence electrons. The van der Waals surface area contributed by atoms with E-state index >= 15 is 0 Å². The number of hydrogen-bond acceptors (Lipinski definition) is 2. The van der Waals surface area contributed by atoms with E-state index in [1.54, 1.807) is 37.3 Å². The van der Waals surface area contributed by atoms with E-state index in [0.717, 1.165) is 0 Å². The molecule has 0 fully saturated rings. The quantitative estimate of drug-likeness (QED) is 0.899. The zero-order chi connectivity index (χ0) is 14.7. The Balaban J connectivity index is 2.32. The topological polar surface area (TPSA) is 66.4 Å². The van der Waals surface area contributed by atoms with Crippen molar-refractivity contribution in [2.75, 3.05) is 5.32 Å². The number of amides is 1. The minimum atomic E-state index is -1.01. The molecule has 4 nitrogen and oxygen atoms in total. The van der Waals surface area contributed by atoms with Crippen molar-refractivity contribution in [2.24, 2.45) is 0 Å². The molecule has 0 aliphatic carbocycles. The van der Waals surface area contributed by atoms with Gasteiger partial charge in [0.2, 0.25) is 0 Å². The van der Waals surface area contributed by atoms with Crippen LogP contribution >= 0.6 is 15.9 Å². The third-order valence-electron chi connectivity index (χ3n) is 2.93. The molecule has 5 heteroatoms. The number of carboxylic acid groups (broad SMARTS) is 1. The van der Waals surface area contributed by atoms with Gasteiger partial charge in [-0.05, 0) is 52.7 Å². The molecule has 2 N–H and O–H groups in total. The molecule has 2 rings (SSSR count). The van der Waals surface area contributed by atoms with E-state index in [-0.39, 0.29) is 11.5 Å². The highest BCUT2D eigenvalue weighted by molar-refractivity contribution is 9.10. The Hall–Kier alpha value is -2.14. The van der Waals surface area contributed by atoms with Gasteiger partial charge in [-0.1, -0.05) is 18.2 Å². The summed E-state index contributed by atoms with van der Waals surface area (Å²) >= 11 is 3.31. The molecule has 0 aliphatic rings. The van der Waals surface area contributed by atoms with E-state index in [1.807, 2.05) is 6.07 Å². The minimum Gasteiger partial charge on any atom is -0.478 e. The lowest BCUT2D eigenvalue weighted by Crippen LogP contribution is -2.14. The van der Waals surface area contributed by atoms with Crippen LogP contribution in [0, 0.1) is 6.92 Å². The summed E-state index contributed by atoms with van der Waals surface area (Å²) in [6.07, 6.45) is 0. The third-order valence-corrected chi connectivity index (χ3v) is 3.62. The SMILES string of the molecule is Cc1c(NC(=O)c2ccccc2Br)cccc1C(=O)O. The molecule has 0 unspecified atom stereocenters. The second-order valence-corrected chi connectivity index (χ2v) is 5.07. The number of hydrogen-bond donors (Lipinski definition) is 2. The van der Waals surface area contributed by atoms with Crippen LogP contribution in [0.15, 0.2) is 46.9 Å². The Morgan fingerprint density at radius 3 is 2.35 bits per heavy atom. The van der Waals surface area contributed by atoms with Gasteiger partial charge < -0.3 is 10.4 Å². The molecule has 2 aromatic rings. The van der Waals surface area contributed by atoms with Crippen molar-refractivity contribution in [3.05, 3.63) is 63.6 Å². The van der Waals surface area contributed by atoms with E-state index in [0.29, 0.717) is 21.3 Å². The fraction of sp³-hybridized carbons (Fsp3) is 0.0667. The minimum absolute atomic E-state index is 0.176. The molecule has 0 heterocycles. The van der Waals surface area contributed by atoms with E-state index in [2.05, 4.69) is 21.2 Å². The van der Waals surface area contributed by atoms with Crippen molar-refractivity contribution >= 4 is 33.5 Å². The predicted molar refractivity (Wildman–Crippen MR) is 80.2 cm³/mol. The van der Waals surface area contributed by atoms with Crippen LogP contribution in [0.1, 0.15) is 26.3 Å². The summed E-state index contributed by atoms with van der Waals surface area (Å²) in [6, 6.07) is 11.8. The Morgan fingerprint density at radius 1 is 1.05 bits per heavy atom. The highest BCUT2D eigenvalue weighted by atomic mass is 79.9. The molecular formula is C15H12BrNO3. The van der Waals surface area contributed by atoms with Crippen LogP contribution < -0.4 is 5.32 Å². The first-order valence-corrected chi connectivity index (χ1v) is 6.69. The standard InChI is InChI=1S/C15H12BrNO3/c1-9-10(15(19)20)6-4-8-13(9)17-14(18)11-5-2-3-7-12(11)16/h2-8H,1H3,(H,17,18)(H,19,20). The number of nitrogens with one attached hydrogen (secondary N) is 1. The first-order chi connectivity index (χ1) is 9.50. The van der Waals surface area contributed by atoms with Crippen LogP contribution in [0.3, 0.4) is 0 Å². The van der Waals surface area contributed by atoms with Crippen molar-refractivity contribution in [1.29, 1.82) is 0 Å². The van der Waals surface area contributed by atoms with Crippen LogP contribution in [-0.4, -0.2) is 17.0 Å². The maximum absolute atomic E-state index is 12.2. The van der Waals surface area contributed by atoms with E-state index in [4.69, 9.17) is 5.11 Å². The monoisotopic (exact) mass is 333 g/mol. The number of anilines is 1. The number of rotatable bonds is 3. The van der Waals surface area contributed by atoms with Crippen LogP contribution in [0.5, 0.6) is 0 Å². The Bertz CT molecular complexity index is 683. The second kappa shape index (κ2) is 5.88. The fourth-order valence-corrected chi connectivity index (χ4v) is 2.30. The molecule has 0 saturated heterocycles. The van der Waals surface area contributed by atoms with Crippen molar-refractivity contribution < 1.29 is 14.7 Å². The number of carbonyl (C=O) groups is 2. The highest BCUT2D eigenvalue weighted by Crippen LogP contribution is 2.22. The smallest absolute Gasteiger partial charge is 0.336 e. The van der Waals surface area contributed by atoms with Crippen LogP contribution in [0.4, 0.5) is 5.69 Å². The van der Waals surface area contributed by atoms with E-state index in [9.17, 15) is 9.59 Å². The zero-order valence-corrected chi connectivity index (χ0v) is 12.3. The summed E-state index contributed by atoms with van der Waals surface area (Å²) < 4.78 is 0.685. The lowest BCUT2D eigenvalue weighted by atomic mass is 10.1. The molecule has 0 bridgehead atoms. The molecular weight excluding hydrogens is 322 g/mol. The molecule has 0 aliphatic heterocycles. The number of carboxylic acids is 1. The van der Waals surface area contributed by atoms with Gasteiger partial charge in [0, 0.05) is 10.2 Å². The van der Waals surface area contributed by atoms with Gasteiger partial charge in [0.25, 0.3) is 5.91 Å². The normalized spacial score (nSPS) is 10.1. The van der Waals surface area contributed by atoms with Gasteiger partial charge in [0.05, 0.1) is 11.1 Å². The fourth-order valence-electron chi connectivity index (χ4n) is 1.84. The molecule has 20 heavy (non-hydrogen) atoms. The van der Waals surface area contributed by atoms with Gasteiger partial charge in [-0.2, -0.15) is 0 Å².